The maximum atomic E-state index is 11.4. The van der Waals surface area contributed by atoms with E-state index in [0.717, 1.165) is 10.2 Å². The van der Waals surface area contributed by atoms with Crippen LogP contribution in [0, 0.1) is 5.41 Å². The molecule has 0 aliphatic carbocycles. The van der Waals surface area contributed by atoms with Gasteiger partial charge >= 0.3 is 5.97 Å². The van der Waals surface area contributed by atoms with Gasteiger partial charge in [0.2, 0.25) is 0 Å². The molecule has 0 fully saturated rings. The van der Waals surface area contributed by atoms with E-state index in [4.69, 9.17) is 9.47 Å². The van der Waals surface area contributed by atoms with Crippen LogP contribution in [-0.2, 0) is 9.53 Å². The summed E-state index contributed by atoms with van der Waals surface area (Å²) >= 11 is 3.36. The minimum atomic E-state index is -0.510. The monoisotopic (exact) mass is 300 g/mol. The molecule has 0 amide bonds. The number of carbonyl (C=O) groups is 1. The number of hydrogen-bond acceptors (Lipinski definition) is 3. The average molecular weight is 301 g/mol. The highest BCUT2D eigenvalue weighted by Crippen LogP contribution is 2.23. The Kier molecular flexibility index (Phi) is 5.00. The van der Waals surface area contributed by atoms with E-state index in [1.165, 1.54) is 7.11 Å². The molecule has 0 aliphatic heterocycles. The van der Waals surface area contributed by atoms with E-state index in [1.54, 1.807) is 0 Å². The van der Waals surface area contributed by atoms with Crippen LogP contribution in [0.4, 0.5) is 0 Å². The van der Waals surface area contributed by atoms with Gasteiger partial charge in [-0.1, -0.05) is 15.9 Å². The van der Waals surface area contributed by atoms with Crippen LogP contribution in [0.1, 0.15) is 20.3 Å². The summed E-state index contributed by atoms with van der Waals surface area (Å²) in [5, 5.41) is 0. The number of rotatable bonds is 5. The van der Waals surface area contributed by atoms with Crippen molar-refractivity contribution in [2.24, 2.45) is 5.41 Å². The second-order valence-electron chi connectivity index (χ2n) is 4.43. The second-order valence-corrected chi connectivity index (χ2v) is 5.34. The molecule has 0 unspecified atom stereocenters. The Bertz CT molecular complexity index is 371. The van der Waals surface area contributed by atoms with Crippen LogP contribution in [-0.4, -0.2) is 19.7 Å². The van der Waals surface area contributed by atoms with Crippen LogP contribution >= 0.6 is 15.9 Å². The summed E-state index contributed by atoms with van der Waals surface area (Å²) in [6.07, 6.45) is 0.621. The van der Waals surface area contributed by atoms with Crippen molar-refractivity contribution in [2.45, 2.75) is 20.3 Å². The summed E-state index contributed by atoms with van der Waals surface area (Å²) in [7, 11) is 1.40. The van der Waals surface area contributed by atoms with E-state index in [0.29, 0.717) is 13.0 Å². The molecule has 4 heteroatoms. The van der Waals surface area contributed by atoms with Gasteiger partial charge in [0.05, 0.1) is 19.1 Å². The Labute approximate surface area is 110 Å². The van der Waals surface area contributed by atoms with Crippen molar-refractivity contribution in [2.75, 3.05) is 13.7 Å². The van der Waals surface area contributed by atoms with Gasteiger partial charge in [0.25, 0.3) is 0 Å². The van der Waals surface area contributed by atoms with Crippen molar-refractivity contribution in [1.82, 2.24) is 0 Å². The van der Waals surface area contributed by atoms with Crippen molar-refractivity contribution in [3.05, 3.63) is 28.7 Å². The zero-order chi connectivity index (χ0) is 12.9. The van der Waals surface area contributed by atoms with Crippen LogP contribution in [0.3, 0.4) is 0 Å². The minimum Gasteiger partial charge on any atom is -0.494 e. The quantitative estimate of drug-likeness (QED) is 0.782. The number of halogens is 1. The largest absolute Gasteiger partial charge is 0.494 e. The standard InChI is InChI=1S/C13H17BrO3/c1-13(2,12(15)16-3)8-9-17-11-6-4-10(14)5-7-11/h4-7H,8-9H2,1-3H3. The summed E-state index contributed by atoms with van der Waals surface area (Å²) in [4.78, 5) is 11.4. The molecule has 0 aliphatic rings. The second kappa shape index (κ2) is 6.05. The first-order valence-corrected chi connectivity index (χ1v) is 6.22. The highest BCUT2D eigenvalue weighted by Gasteiger charge is 2.28. The van der Waals surface area contributed by atoms with Gasteiger partial charge in [-0.15, -0.1) is 0 Å². The first-order valence-electron chi connectivity index (χ1n) is 5.42. The average Bonchev–Trinajstić information content (AvgIpc) is 2.30. The fraction of sp³-hybridized carbons (Fsp3) is 0.462. The Morgan fingerprint density at radius 1 is 1.29 bits per heavy atom. The Morgan fingerprint density at radius 2 is 1.88 bits per heavy atom. The van der Waals surface area contributed by atoms with Crippen LogP contribution < -0.4 is 4.74 Å². The van der Waals surface area contributed by atoms with Gasteiger partial charge in [-0.2, -0.15) is 0 Å². The predicted molar refractivity (Wildman–Crippen MR) is 70.1 cm³/mol. The third-order valence-electron chi connectivity index (χ3n) is 2.55. The van der Waals surface area contributed by atoms with E-state index in [-0.39, 0.29) is 5.97 Å². The molecule has 1 rings (SSSR count). The van der Waals surface area contributed by atoms with Crippen LogP contribution in [0.15, 0.2) is 28.7 Å². The van der Waals surface area contributed by atoms with E-state index < -0.39 is 5.41 Å². The predicted octanol–water partition coefficient (Wildman–Crippen LogP) is 3.42. The number of esters is 1. The minimum absolute atomic E-state index is 0.211. The first-order chi connectivity index (χ1) is 7.95. The molecule has 0 saturated carbocycles. The lowest BCUT2D eigenvalue weighted by Gasteiger charge is -2.21. The van der Waals surface area contributed by atoms with Crippen LogP contribution in [0.25, 0.3) is 0 Å². The molecule has 1 aromatic rings. The molecule has 0 saturated heterocycles. The molecule has 0 N–H and O–H groups in total. The molecule has 17 heavy (non-hydrogen) atoms. The smallest absolute Gasteiger partial charge is 0.311 e. The maximum Gasteiger partial charge on any atom is 0.311 e. The van der Waals surface area contributed by atoms with Gasteiger partial charge in [0, 0.05) is 4.47 Å². The van der Waals surface area contributed by atoms with Crippen molar-refractivity contribution < 1.29 is 14.3 Å². The number of hydrogen-bond donors (Lipinski definition) is 0. The van der Waals surface area contributed by atoms with Crippen LogP contribution in [0.5, 0.6) is 5.75 Å². The third-order valence-corrected chi connectivity index (χ3v) is 3.08. The van der Waals surface area contributed by atoms with Gasteiger partial charge in [0.1, 0.15) is 5.75 Å². The fourth-order valence-electron chi connectivity index (χ4n) is 1.33. The zero-order valence-electron chi connectivity index (χ0n) is 10.3. The zero-order valence-corrected chi connectivity index (χ0v) is 11.9. The summed E-state index contributed by atoms with van der Waals surface area (Å²) < 4.78 is 11.3. The summed E-state index contributed by atoms with van der Waals surface area (Å²) in [6.45, 7) is 4.19. The molecule has 0 atom stereocenters. The summed E-state index contributed by atoms with van der Waals surface area (Å²) in [5.74, 6) is 0.589. The van der Waals surface area contributed by atoms with Gasteiger partial charge in [-0.3, -0.25) is 4.79 Å². The molecule has 0 bridgehead atoms. The lowest BCUT2D eigenvalue weighted by atomic mass is 9.90. The molecular weight excluding hydrogens is 284 g/mol. The van der Waals surface area contributed by atoms with E-state index in [9.17, 15) is 4.79 Å². The van der Waals surface area contributed by atoms with Gasteiger partial charge in [0.15, 0.2) is 0 Å². The number of ether oxygens (including phenoxy) is 2. The normalized spacial score (nSPS) is 11.1. The summed E-state index contributed by atoms with van der Waals surface area (Å²) in [5.41, 5.74) is -0.510. The molecule has 0 aromatic heterocycles. The first kappa shape index (κ1) is 14.0. The number of methoxy groups -OCH3 is 1. The lowest BCUT2D eigenvalue weighted by Crippen LogP contribution is -2.27. The maximum absolute atomic E-state index is 11.4. The SMILES string of the molecule is COC(=O)C(C)(C)CCOc1ccc(Br)cc1. The molecule has 94 valence electrons. The number of benzene rings is 1. The Hall–Kier alpha value is -1.03. The summed E-state index contributed by atoms with van der Waals surface area (Å²) in [6, 6.07) is 7.60. The van der Waals surface area contributed by atoms with Crippen molar-refractivity contribution in [3.8, 4) is 5.75 Å². The number of carbonyl (C=O) groups excluding carboxylic acids is 1. The molecule has 0 radical (unpaired) electrons. The van der Waals surface area contributed by atoms with Gasteiger partial charge in [-0.25, -0.2) is 0 Å². The van der Waals surface area contributed by atoms with Gasteiger partial charge in [-0.05, 0) is 44.5 Å². The molecule has 0 spiro atoms. The molecular formula is C13H17BrO3. The highest BCUT2D eigenvalue weighted by molar-refractivity contribution is 9.10. The van der Waals surface area contributed by atoms with E-state index in [1.807, 2.05) is 38.1 Å². The molecule has 0 heterocycles. The van der Waals surface area contributed by atoms with Crippen LogP contribution in [0.2, 0.25) is 0 Å². The van der Waals surface area contributed by atoms with E-state index >= 15 is 0 Å². The highest BCUT2D eigenvalue weighted by atomic mass is 79.9. The Morgan fingerprint density at radius 3 is 2.41 bits per heavy atom. The fourth-order valence-corrected chi connectivity index (χ4v) is 1.60. The van der Waals surface area contributed by atoms with Crippen molar-refractivity contribution >= 4 is 21.9 Å². The topological polar surface area (TPSA) is 35.5 Å². The van der Waals surface area contributed by atoms with Crippen molar-refractivity contribution in [3.63, 3.8) is 0 Å². The lowest BCUT2D eigenvalue weighted by molar-refractivity contribution is -0.151. The molecule has 3 nitrogen and oxygen atoms in total. The van der Waals surface area contributed by atoms with Crippen molar-refractivity contribution in [1.29, 1.82) is 0 Å². The van der Waals surface area contributed by atoms with Gasteiger partial charge < -0.3 is 9.47 Å². The Balaban J connectivity index is 2.42. The molecule has 1 aromatic carbocycles. The third kappa shape index (κ3) is 4.38. The van der Waals surface area contributed by atoms with E-state index in [2.05, 4.69) is 15.9 Å².